The highest BCUT2D eigenvalue weighted by Gasteiger charge is 2.28. The first-order chi connectivity index (χ1) is 15.0. The SMILES string of the molecule is NCc1ccc(CNC(=O)c2ccc(NC(=O)C3NCc4cc(F)ccc43)cc2)cc1. The zero-order chi connectivity index (χ0) is 21.8. The number of amides is 2. The third-order valence-electron chi connectivity index (χ3n) is 5.30. The highest BCUT2D eigenvalue weighted by Crippen LogP contribution is 2.27. The molecule has 158 valence electrons. The fourth-order valence-corrected chi connectivity index (χ4v) is 3.56. The molecule has 0 saturated heterocycles. The lowest BCUT2D eigenvalue weighted by Crippen LogP contribution is -2.28. The molecule has 6 nitrogen and oxygen atoms in total. The van der Waals surface area contributed by atoms with Gasteiger partial charge in [-0.05, 0) is 58.7 Å². The van der Waals surface area contributed by atoms with E-state index in [1.807, 2.05) is 24.3 Å². The number of fused-ring (bicyclic) bond motifs is 1. The van der Waals surface area contributed by atoms with Crippen molar-refractivity contribution in [2.45, 2.75) is 25.7 Å². The van der Waals surface area contributed by atoms with E-state index in [9.17, 15) is 14.0 Å². The molecule has 0 bridgehead atoms. The molecular formula is C24H23FN4O2. The number of nitrogens with two attached hydrogens (primary N) is 1. The van der Waals surface area contributed by atoms with Gasteiger partial charge in [0.25, 0.3) is 5.91 Å². The van der Waals surface area contributed by atoms with Crippen LogP contribution >= 0.6 is 0 Å². The summed E-state index contributed by atoms with van der Waals surface area (Å²) in [7, 11) is 0. The Bertz CT molecular complexity index is 1100. The fraction of sp³-hybridized carbons (Fsp3) is 0.167. The Labute approximate surface area is 179 Å². The number of halogens is 1. The Morgan fingerprint density at radius 1 is 1.00 bits per heavy atom. The average molecular weight is 418 g/mol. The first-order valence-corrected chi connectivity index (χ1v) is 10.0. The quantitative estimate of drug-likeness (QED) is 0.495. The maximum absolute atomic E-state index is 13.4. The Morgan fingerprint density at radius 3 is 2.42 bits per heavy atom. The third-order valence-corrected chi connectivity index (χ3v) is 5.30. The van der Waals surface area contributed by atoms with Gasteiger partial charge in [0, 0.05) is 30.9 Å². The summed E-state index contributed by atoms with van der Waals surface area (Å²) in [4.78, 5) is 25.0. The second kappa shape index (κ2) is 9.07. The van der Waals surface area contributed by atoms with Crippen LogP contribution in [0.15, 0.2) is 66.7 Å². The van der Waals surface area contributed by atoms with Crippen LogP contribution < -0.4 is 21.7 Å². The van der Waals surface area contributed by atoms with Gasteiger partial charge in [-0.15, -0.1) is 0 Å². The Hall–Kier alpha value is -3.55. The summed E-state index contributed by atoms with van der Waals surface area (Å²) < 4.78 is 13.4. The second-order valence-corrected chi connectivity index (χ2v) is 7.43. The molecular weight excluding hydrogens is 395 g/mol. The van der Waals surface area contributed by atoms with Gasteiger partial charge in [0.15, 0.2) is 0 Å². The van der Waals surface area contributed by atoms with Crippen LogP contribution in [0.5, 0.6) is 0 Å². The van der Waals surface area contributed by atoms with E-state index in [4.69, 9.17) is 5.73 Å². The van der Waals surface area contributed by atoms with Gasteiger partial charge in [0.1, 0.15) is 11.9 Å². The Kier molecular flexibility index (Phi) is 6.06. The van der Waals surface area contributed by atoms with Gasteiger partial charge in [-0.3, -0.25) is 14.9 Å². The van der Waals surface area contributed by atoms with Crippen molar-refractivity contribution in [2.75, 3.05) is 5.32 Å². The molecule has 1 aliphatic rings. The maximum atomic E-state index is 13.4. The number of carbonyl (C=O) groups excluding carboxylic acids is 2. The normalized spacial score (nSPS) is 14.7. The molecule has 1 unspecified atom stereocenters. The molecule has 3 aromatic carbocycles. The van der Waals surface area contributed by atoms with Crippen molar-refractivity contribution in [3.63, 3.8) is 0 Å². The largest absolute Gasteiger partial charge is 0.348 e. The van der Waals surface area contributed by atoms with E-state index in [0.29, 0.717) is 30.9 Å². The third kappa shape index (κ3) is 4.79. The van der Waals surface area contributed by atoms with Crippen LogP contribution in [-0.4, -0.2) is 11.8 Å². The molecule has 0 aromatic heterocycles. The summed E-state index contributed by atoms with van der Waals surface area (Å²) in [6.07, 6.45) is 0. The van der Waals surface area contributed by atoms with Gasteiger partial charge >= 0.3 is 0 Å². The number of benzene rings is 3. The van der Waals surface area contributed by atoms with Crippen molar-refractivity contribution in [1.82, 2.24) is 10.6 Å². The monoisotopic (exact) mass is 418 g/mol. The number of hydrogen-bond donors (Lipinski definition) is 4. The van der Waals surface area contributed by atoms with Crippen molar-refractivity contribution in [3.8, 4) is 0 Å². The summed E-state index contributed by atoms with van der Waals surface area (Å²) in [6.45, 7) is 1.34. The van der Waals surface area contributed by atoms with Crippen LogP contribution in [0.3, 0.4) is 0 Å². The highest BCUT2D eigenvalue weighted by molar-refractivity contribution is 5.98. The van der Waals surface area contributed by atoms with Crippen LogP contribution in [-0.2, 0) is 24.4 Å². The topological polar surface area (TPSA) is 96.2 Å². The standard InChI is InChI=1S/C24H23FN4O2/c25-19-7-10-21-18(11-19)14-27-22(21)24(31)29-20-8-5-17(6-9-20)23(30)28-13-16-3-1-15(12-26)2-4-16/h1-11,22,27H,12-14,26H2,(H,28,30)(H,29,31). The van der Waals surface area contributed by atoms with E-state index in [0.717, 1.165) is 22.3 Å². The molecule has 4 rings (SSSR count). The minimum absolute atomic E-state index is 0.200. The number of anilines is 1. The smallest absolute Gasteiger partial charge is 0.251 e. The molecule has 0 saturated carbocycles. The molecule has 2 amide bonds. The van der Waals surface area contributed by atoms with Crippen molar-refractivity contribution in [1.29, 1.82) is 0 Å². The Balaban J connectivity index is 1.34. The molecule has 1 atom stereocenters. The van der Waals surface area contributed by atoms with Crippen molar-refractivity contribution < 1.29 is 14.0 Å². The zero-order valence-electron chi connectivity index (χ0n) is 16.8. The second-order valence-electron chi connectivity index (χ2n) is 7.43. The lowest BCUT2D eigenvalue weighted by molar-refractivity contribution is -0.118. The van der Waals surface area contributed by atoms with E-state index in [1.54, 1.807) is 30.3 Å². The van der Waals surface area contributed by atoms with Crippen molar-refractivity contribution in [2.24, 2.45) is 5.73 Å². The first kappa shape index (κ1) is 20.7. The van der Waals surface area contributed by atoms with Gasteiger partial charge in [0.2, 0.25) is 5.91 Å². The molecule has 7 heteroatoms. The van der Waals surface area contributed by atoms with Crippen LogP contribution in [0.4, 0.5) is 10.1 Å². The van der Waals surface area contributed by atoms with E-state index in [1.165, 1.54) is 12.1 Å². The molecule has 0 fully saturated rings. The van der Waals surface area contributed by atoms with E-state index >= 15 is 0 Å². The number of rotatable bonds is 6. The van der Waals surface area contributed by atoms with Crippen LogP contribution in [0, 0.1) is 5.82 Å². The minimum Gasteiger partial charge on any atom is -0.348 e. The van der Waals surface area contributed by atoms with Gasteiger partial charge in [-0.25, -0.2) is 4.39 Å². The number of nitrogens with one attached hydrogen (secondary N) is 3. The predicted molar refractivity (Wildman–Crippen MR) is 117 cm³/mol. The minimum atomic E-state index is -0.538. The summed E-state index contributed by atoms with van der Waals surface area (Å²) in [5.74, 6) is -0.749. The van der Waals surface area contributed by atoms with Crippen molar-refractivity contribution in [3.05, 3.63) is 100 Å². The summed E-state index contributed by atoms with van der Waals surface area (Å²) >= 11 is 0. The van der Waals surface area contributed by atoms with E-state index in [2.05, 4.69) is 16.0 Å². The fourth-order valence-electron chi connectivity index (χ4n) is 3.56. The average Bonchev–Trinajstić information content (AvgIpc) is 3.21. The molecule has 1 heterocycles. The van der Waals surface area contributed by atoms with Crippen LogP contribution in [0.25, 0.3) is 0 Å². The predicted octanol–water partition coefficient (Wildman–Crippen LogP) is 3.00. The van der Waals surface area contributed by atoms with E-state index < -0.39 is 6.04 Å². The first-order valence-electron chi connectivity index (χ1n) is 10.0. The Morgan fingerprint density at radius 2 is 1.71 bits per heavy atom. The molecule has 1 aliphatic heterocycles. The van der Waals surface area contributed by atoms with Crippen LogP contribution in [0.2, 0.25) is 0 Å². The highest BCUT2D eigenvalue weighted by atomic mass is 19.1. The van der Waals surface area contributed by atoms with Gasteiger partial charge in [-0.2, -0.15) is 0 Å². The van der Waals surface area contributed by atoms with Crippen LogP contribution in [0.1, 0.15) is 38.7 Å². The summed E-state index contributed by atoms with van der Waals surface area (Å²) in [5.41, 5.74) is 10.2. The molecule has 0 spiro atoms. The molecule has 0 aliphatic carbocycles. The lowest BCUT2D eigenvalue weighted by atomic mass is 10.0. The summed E-state index contributed by atoms with van der Waals surface area (Å²) in [6, 6.07) is 18.3. The summed E-state index contributed by atoms with van der Waals surface area (Å²) in [5, 5.41) is 8.80. The van der Waals surface area contributed by atoms with Crippen molar-refractivity contribution >= 4 is 17.5 Å². The number of carbonyl (C=O) groups is 2. The van der Waals surface area contributed by atoms with Gasteiger partial charge in [0.05, 0.1) is 0 Å². The maximum Gasteiger partial charge on any atom is 0.251 e. The molecule has 31 heavy (non-hydrogen) atoms. The lowest BCUT2D eigenvalue weighted by Gasteiger charge is -2.13. The molecule has 5 N–H and O–H groups in total. The molecule has 3 aromatic rings. The molecule has 0 radical (unpaired) electrons. The van der Waals surface area contributed by atoms with Gasteiger partial charge < -0.3 is 16.4 Å². The number of hydrogen-bond acceptors (Lipinski definition) is 4. The van der Waals surface area contributed by atoms with E-state index in [-0.39, 0.29) is 17.6 Å². The zero-order valence-corrected chi connectivity index (χ0v) is 16.8. The van der Waals surface area contributed by atoms with Gasteiger partial charge in [-0.1, -0.05) is 30.3 Å².